The molecule has 3 nitrogen and oxygen atoms in total. The largest absolute Gasteiger partial charge is 0.381 e. The molecule has 82 valence electrons. The average molecular weight is 199 g/mol. The van der Waals surface area contributed by atoms with E-state index in [1.165, 1.54) is 6.42 Å². The van der Waals surface area contributed by atoms with Crippen LogP contribution in [0.5, 0.6) is 0 Å². The molecule has 0 bridgehead atoms. The number of rotatable bonds is 2. The van der Waals surface area contributed by atoms with Crippen LogP contribution < -0.4 is 0 Å². The van der Waals surface area contributed by atoms with Crippen LogP contribution in [0.3, 0.4) is 0 Å². The van der Waals surface area contributed by atoms with Crippen LogP contribution in [0.15, 0.2) is 0 Å². The van der Waals surface area contributed by atoms with E-state index in [2.05, 4.69) is 18.7 Å². The Balaban J connectivity index is 1.86. The number of nitrogens with zero attached hydrogens (tertiary/aromatic N) is 1. The van der Waals surface area contributed by atoms with Crippen molar-refractivity contribution in [3.63, 3.8) is 0 Å². The fourth-order valence-corrected chi connectivity index (χ4v) is 2.30. The molecule has 14 heavy (non-hydrogen) atoms. The average Bonchev–Trinajstić information content (AvgIpc) is 2.71. The van der Waals surface area contributed by atoms with Gasteiger partial charge in [-0.3, -0.25) is 4.90 Å². The second-order valence-electron chi connectivity index (χ2n) is 4.62. The Morgan fingerprint density at radius 3 is 2.79 bits per heavy atom. The van der Waals surface area contributed by atoms with Gasteiger partial charge in [-0.15, -0.1) is 0 Å². The molecule has 0 aromatic carbocycles. The molecular weight excluding hydrogens is 178 g/mol. The van der Waals surface area contributed by atoms with Crippen molar-refractivity contribution in [2.45, 2.75) is 32.4 Å². The lowest BCUT2D eigenvalue weighted by Crippen LogP contribution is -2.48. The molecule has 0 aromatic heterocycles. The summed E-state index contributed by atoms with van der Waals surface area (Å²) in [5, 5.41) is 0. The predicted octanol–water partition coefficient (Wildman–Crippen LogP) is 1.13. The SMILES string of the molecule is CC(C)N1CCO[C@H]([C@H]2CCOC2)C1. The van der Waals surface area contributed by atoms with Crippen LogP contribution in [-0.4, -0.2) is 50.0 Å². The van der Waals surface area contributed by atoms with E-state index in [9.17, 15) is 0 Å². The first-order valence-corrected chi connectivity index (χ1v) is 5.71. The summed E-state index contributed by atoms with van der Waals surface area (Å²) in [7, 11) is 0. The first kappa shape index (κ1) is 10.4. The summed E-state index contributed by atoms with van der Waals surface area (Å²) < 4.78 is 11.2. The predicted molar refractivity (Wildman–Crippen MR) is 55.4 cm³/mol. The molecule has 0 aromatic rings. The molecule has 2 heterocycles. The van der Waals surface area contributed by atoms with E-state index >= 15 is 0 Å². The van der Waals surface area contributed by atoms with E-state index < -0.39 is 0 Å². The number of morpholine rings is 1. The van der Waals surface area contributed by atoms with Crippen LogP contribution in [0.25, 0.3) is 0 Å². The van der Waals surface area contributed by atoms with Gasteiger partial charge in [-0.1, -0.05) is 0 Å². The van der Waals surface area contributed by atoms with E-state index in [4.69, 9.17) is 9.47 Å². The summed E-state index contributed by atoms with van der Waals surface area (Å²) in [6.45, 7) is 9.40. The molecule has 2 fully saturated rings. The molecule has 0 N–H and O–H groups in total. The van der Waals surface area contributed by atoms with Crippen LogP contribution in [0.1, 0.15) is 20.3 Å². The van der Waals surface area contributed by atoms with Crippen LogP contribution in [0.2, 0.25) is 0 Å². The fraction of sp³-hybridized carbons (Fsp3) is 1.00. The summed E-state index contributed by atoms with van der Waals surface area (Å²) >= 11 is 0. The number of ether oxygens (including phenoxy) is 2. The van der Waals surface area contributed by atoms with Gasteiger partial charge in [-0.2, -0.15) is 0 Å². The second-order valence-corrected chi connectivity index (χ2v) is 4.62. The molecule has 0 amide bonds. The molecule has 0 unspecified atom stereocenters. The van der Waals surface area contributed by atoms with Crippen LogP contribution in [-0.2, 0) is 9.47 Å². The van der Waals surface area contributed by atoms with E-state index in [0.717, 1.165) is 32.9 Å². The molecule has 2 saturated heterocycles. The molecule has 0 saturated carbocycles. The molecule has 2 rings (SSSR count). The van der Waals surface area contributed by atoms with Crippen molar-refractivity contribution in [3.05, 3.63) is 0 Å². The van der Waals surface area contributed by atoms with Crippen molar-refractivity contribution < 1.29 is 9.47 Å². The van der Waals surface area contributed by atoms with Crippen molar-refractivity contribution in [1.29, 1.82) is 0 Å². The summed E-state index contributed by atoms with van der Waals surface area (Å²) in [5.41, 5.74) is 0. The van der Waals surface area contributed by atoms with Gasteiger partial charge in [0.15, 0.2) is 0 Å². The second kappa shape index (κ2) is 4.60. The highest BCUT2D eigenvalue weighted by atomic mass is 16.5. The van der Waals surface area contributed by atoms with Crippen molar-refractivity contribution in [2.24, 2.45) is 5.92 Å². The summed E-state index contributed by atoms with van der Waals surface area (Å²) in [5.74, 6) is 0.636. The third kappa shape index (κ3) is 2.27. The summed E-state index contributed by atoms with van der Waals surface area (Å²) in [6, 6.07) is 0.642. The van der Waals surface area contributed by atoms with Crippen molar-refractivity contribution >= 4 is 0 Å². The lowest BCUT2D eigenvalue weighted by atomic mass is 10.00. The first-order chi connectivity index (χ1) is 6.77. The van der Waals surface area contributed by atoms with Gasteiger partial charge in [0.05, 0.1) is 19.3 Å². The Bertz CT molecular complexity index is 178. The standard InChI is InChI=1S/C11H21NO2/c1-9(2)12-4-6-14-11(7-12)10-3-5-13-8-10/h9-11H,3-8H2,1-2H3/t10-,11-/m0/s1. The Morgan fingerprint density at radius 1 is 1.29 bits per heavy atom. The maximum Gasteiger partial charge on any atom is 0.0753 e. The number of hydrogen-bond donors (Lipinski definition) is 0. The molecule has 0 aliphatic carbocycles. The molecule has 0 radical (unpaired) electrons. The van der Waals surface area contributed by atoms with Crippen LogP contribution in [0, 0.1) is 5.92 Å². The fourth-order valence-electron chi connectivity index (χ4n) is 2.30. The smallest absolute Gasteiger partial charge is 0.0753 e. The molecular formula is C11H21NO2. The van der Waals surface area contributed by atoms with E-state index in [1.54, 1.807) is 0 Å². The van der Waals surface area contributed by atoms with Gasteiger partial charge < -0.3 is 9.47 Å². The molecule has 2 aliphatic rings. The van der Waals surface area contributed by atoms with Gasteiger partial charge in [0.1, 0.15) is 0 Å². The van der Waals surface area contributed by atoms with Crippen LogP contribution in [0.4, 0.5) is 0 Å². The number of hydrogen-bond acceptors (Lipinski definition) is 3. The van der Waals surface area contributed by atoms with Crippen molar-refractivity contribution in [2.75, 3.05) is 32.9 Å². The van der Waals surface area contributed by atoms with Gasteiger partial charge >= 0.3 is 0 Å². The molecule has 2 atom stereocenters. The first-order valence-electron chi connectivity index (χ1n) is 5.71. The van der Waals surface area contributed by atoms with Crippen molar-refractivity contribution in [1.82, 2.24) is 4.90 Å². The molecule has 2 aliphatic heterocycles. The van der Waals surface area contributed by atoms with Crippen LogP contribution >= 0.6 is 0 Å². The molecule has 3 heteroatoms. The Labute approximate surface area is 86.4 Å². The summed E-state index contributed by atoms with van der Waals surface area (Å²) in [4.78, 5) is 2.51. The third-order valence-corrected chi connectivity index (χ3v) is 3.35. The highest BCUT2D eigenvalue weighted by Gasteiger charge is 2.31. The van der Waals surface area contributed by atoms with Crippen molar-refractivity contribution in [3.8, 4) is 0 Å². The highest BCUT2D eigenvalue weighted by Crippen LogP contribution is 2.22. The van der Waals surface area contributed by atoms with Gasteiger partial charge in [-0.25, -0.2) is 0 Å². The minimum absolute atomic E-state index is 0.411. The lowest BCUT2D eigenvalue weighted by molar-refractivity contribution is -0.0665. The summed E-state index contributed by atoms with van der Waals surface area (Å²) in [6.07, 6.45) is 1.59. The quantitative estimate of drug-likeness (QED) is 0.665. The maximum atomic E-state index is 5.82. The monoisotopic (exact) mass is 199 g/mol. The Morgan fingerprint density at radius 2 is 2.14 bits per heavy atom. The third-order valence-electron chi connectivity index (χ3n) is 3.35. The Hall–Kier alpha value is -0.120. The zero-order valence-electron chi connectivity index (χ0n) is 9.24. The van der Waals surface area contributed by atoms with Gasteiger partial charge in [0.2, 0.25) is 0 Å². The van der Waals surface area contributed by atoms with Gasteiger partial charge in [0, 0.05) is 31.7 Å². The normalized spacial score (nSPS) is 35.4. The van der Waals surface area contributed by atoms with E-state index in [0.29, 0.717) is 18.1 Å². The highest BCUT2D eigenvalue weighted by molar-refractivity contribution is 4.81. The zero-order valence-corrected chi connectivity index (χ0v) is 9.24. The van der Waals surface area contributed by atoms with Gasteiger partial charge in [-0.05, 0) is 20.3 Å². The maximum absolute atomic E-state index is 5.82. The van der Waals surface area contributed by atoms with E-state index in [-0.39, 0.29) is 0 Å². The zero-order chi connectivity index (χ0) is 9.97. The van der Waals surface area contributed by atoms with Gasteiger partial charge in [0.25, 0.3) is 0 Å². The molecule has 0 spiro atoms. The Kier molecular flexibility index (Phi) is 3.42. The van der Waals surface area contributed by atoms with E-state index in [1.807, 2.05) is 0 Å². The topological polar surface area (TPSA) is 21.7 Å². The minimum atomic E-state index is 0.411. The lowest BCUT2D eigenvalue weighted by Gasteiger charge is -2.37. The minimum Gasteiger partial charge on any atom is -0.381 e.